The second kappa shape index (κ2) is 6.12. The summed E-state index contributed by atoms with van der Waals surface area (Å²) in [6, 6.07) is 0. The minimum absolute atomic E-state index is 0.979. The van der Waals surface area contributed by atoms with E-state index in [2.05, 4.69) is 23.4 Å². The Morgan fingerprint density at radius 2 is 1.85 bits per heavy atom. The predicted octanol–water partition coefficient (Wildman–Crippen LogP) is 3.18. The van der Waals surface area contributed by atoms with Crippen LogP contribution in [0.2, 0.25) is 0 Å². The molecule has 0 N–H and O–H groups in total. The van der Waals surface area contributed by atoms with Crippen molar-refractivity contribution in [1.82, 2.24) is 10.2 Å². The summed E-state index contributed by atoms with van der Waals surface area (Å²) in [5.74, 6) is 0. The molecule has 0 aliphatic carbocycles. The van der Waals surface area contributed by atoms with Crippen LogP contribution in [0, 0.1) is 0 Å². The van der Waals surface area contributed by atoms with E-state index in [1.807, 2.05) is 20.8 Å². The molecule has 0 saturated carbocycles. The van der Waals surface area contributed by atoms with Crippen LogP contribution in [0.4, 0.5) is 0 Å². The minimum atomic E-state index is 0.979. The highest BCUT2D eigenvalue weighted by atomic mass is 15.1. The lowest BCUT2D eigenvalue weighted by Crippen LogP contribution is -1.88. The van der Waals surface area contributed by atoms with Gasteiger partial charge in [0, 0.05) is 11.1 Å². The van der Waals surface area contributed by atoms with Crippen molar-refractivity contribution in [2.75, 3.05) is 0 Å². The lowest BCUT2D eigenvalue weighted by molar-refractivity contribution is 1.02. The number of allylic oxidation sites excluding steroid dienone is 1. The van der Waals surface area contributed by atoms with Gasteiger partial charge in [0.1, 0.15) is 0 Å². The smallest absolute Gasteiger partial charge is 0.0577 e. The molecule has 1 aromatic rings. The highest BCUT2D eigenvalue weighted by Crippen LogP contribution is 2.15. The Morgan fingerprint density at radius 3 is 2.23 bits per heavy atom. The predicted molar refractivity (Wildman–Crippen MR) is 58.2 cm³/mol. The van der Waals surface area contributed by atoms with Gasteiger partial charge in [-0.05, 0) is 12.5 Å². The van der Waals surface area contributed by atoms with Crippen molar-refractivity contribution in [3.8, 4) is 0 Å². The van der Waals surface area contributed by atoms with Crippen LogP contribution in [0.1, 0.15) is 31.9 Å². The largest absolute Gasteiger partial charge is 0.158 e. The van der Waals surface area contributed by atoms with Gasteiger partial charge in [-0.1, -0.05) is 33.1 Å². The summed E-state index contributed by atoms with van der Waals surface area (Å²) in [6.07, 6.45) is 5.12. The monoisotopic (exact) mass is 176 g/mol. The van der Waals surface area contributed by atoms with Gasteiger partial charge in [-0.2, -0.15) is 10.2 Å². The normalized spacial score (nSPS) is 8.23. The van der Waals surface area contributed by atoms with Crippen LogP contribution in [0.15, 0.2) is 25.6 Å². The lowest BCUT2D eigenvalue weighted by atomic mass is 10.1. The van der Waals surface area contributed by atoms with Gasteiger partial charge in [-0.15, -0.1) is 0 Å². The van der Waals surface area contributed by atoms with Crippen LogP contribution in [0.3, 0.4) is 0 Å². The summed E-state index contributed by atoms with van der Waals surface area (Å²) in [4.78, 5) is 0. The summed E-state index contributed by atoms with van der Waals surface area (Å²) >= 11 is 0. The van der Waals surface area contributed by atoms with Crippen molar-refractivity contribution in [2.24, 2.45) is 0 Å². The number of aromatic nitrogens is 2. The van der Waals surface area contributed by atoms with Gasteiger partial charge in [0.25, 0.3) is 0 Å². The molecule has 0 atom stereocenters. The Bertz CT molecular complexity index is 290. The average Bonchev–Trinajstić information content (AvgIpc) is 2.20. The van der Waals surface area contributed by atoms with Crippen LogP contribution in [-0.2, 0) is 0 Å². The molecule has 1 heterocycles. The second-order valence-corrected chi connectivity index (χ2v) is 2.34. The summed E-state index contributed by atoms with van der Waals surface area (Å²) in [7, 11) is 0. The van der Waals surface area contributed by atoms with E-state index in [4.69, 9.17) is 0 Å². The van der Waals surface area contributed by atoms with Crippen molar-refractivity contribution < 1.29 is 0 Å². The van der Waals surface area contributed by atoms with Crippen molar-refractivity contribution in [3.63, 3.8) is 0 Å². The molecule has 0 amide bonds. The molecule has 0 saturated heterocycles. The van der Waals surface area contributed by atoms with Crippen molar-refractivity contribution in [2.45, 2.75) is 20.8 Å². The molecule has 0 fully saturated rings. The standard InChI is InChI=1S/C9H10N2.C2H6/c1-4-8-5-10-11-6-9(8)7(2)3;1-2/h4-6H,1-2H2,3H3;1-2H3. The first-order valence-electron chi connectivity index (χ1n) is 4.34. The quantitative estimate of drug-likeness (QED) is 0.691. The van der Waals surface area contributed by atoms with E-state index in [-0.39, 0.29) is 0 Å². The van der Waals surface area contributed by atoms with E-state index in [0.717, 1.165) is 16.7 Å². The van der Waals surface area contributed by atoms with Gasteiger partial charge in [-0.3, -0.25) is 0 Å². The highest BCUT2D eigenvalue weighted by Gasteiger charge is 1.98. The van der Waals surface area contributed by atoms with Gasteiger partial charge in [0.05, 0.1) is 12.4 Å². The van der Waals surface area contributed by atoms with Crippen molar-refractivity contribution >= 4 is 11.6 Å². The zero-order valence-corrected chi connectivity index (χ0v) is 8.54. The molecule has 0 unspecified atom stereocenters. The molecule has 2 heteroatoms. The van der Waals surface area contributed by atoms with Gasteiger partial charge >= 0.3 is 0 Å². The number of nitrogens with zero attached hydrogens (tertiary/aromatic N) is 2. The molecule has 0 radical (unpaired) electrons. The van der Waals surface area contributed by atoms with E-state index in [1.54, 1.807) is 18.5 Å². The zero-order chi connectivity index (χ0) is 10.3. The Hall–Kier alpha value is -1.44. The molecular formula is C11H16N2. The van der Waals surface area contributed by atoms with Crippen molar-refractivity contribution in [3.05, 3.63) is 36.7 Å². The third-order valence-corrected chi connectivity index (χ3v) is 1.44. The Labute approximate surface area is 80.0 Å². The van der Waals surface area contributed by atoms with E-state index in [1.165, 1.54) is 0 Å². The first-order valence-corrected chi connectivity index (χ1v) is 4.34. The Kier molecular flexibility index (Phi) is 5.44. The summed E-state index contributed by atoms with van der Waals surface area (Å²) in [6.45, 7) is 13.4. The van der Waals surface area contributed by atoms with E-state index >= 15 is 0 Å². The summed E-state index contributed by atoms with van der Waals surface area (Å²) < 4.78 is 0. The van der Waals surface area contributed by atoms with Crippen LogP contribution >= 0.6 is 0 Å². The third kappa shape index (κ3) is 3.20. The van der Waals surface area contributed by atoms with Gasteiger partial charge in [-0.25, -0.2) is 0 Å². The molecule has 0 aromatic carbocycles. The molecule has 2 nitrogen and oxygen atoms in total. The molecule has 0 aliphatic rings. The fourth-order valence-corrected chi connectivity index (χ4v) is 0.850. The van der Waals surface area contributed by atoms with Crippen molar-refractivity contribution in [1.29, 1.82) is 0 Å². The Balaban J connectivity index is 0.000000671. The molecule has 0 spiro atoms. The van der Waals surface area contributed by atoms with Crippen LogP contribution in [0.5, 0.6) is 0 Å². The molecule has 1 aromatic heterocycles. The second-order valence-electron chi connectivity index (χ2n) is 2.34. The molecule has 0 aliphatic heterocycles. The number of hydrogen-bond donors (Lipinski definition) is 0. The fourth-order valence-electron chi connectivity index (χ4n) is 0.850. The zero-order valence-electron chi connectivity index (χ0n) is 8.54. The number of rotatable bonds is 2. The van der Waals surface area contributed by atoms with Gasteiger partial charge in [0.2, 0.25) is 0 Å². The van der Waals surface area contributed by atoms with Crippen LogP contribution in [-0.4, -0.2) is 10.2 Å². The maximum absolute atomic E-state index is 3.82. The maximum Gasteiger partial charge on any atom is 0.0577 e. The van der Waals surface area contributed by atoms with Gasteiger partial charge < -0.3 is 0 Å². The van der Waals surface area contributed by atoms with E-state index < -0.39 is 0 Å². The highest BCUT2D eigenvalue weighted by molar-refractivity contribution is 5.69. The summed E-state index contributed by atoms with van der Waals surface area (Å²) in [5.41, 5.74) is 2.97. The minimum Gasteiger partial charge on any atom is -0.158 e. The molecular weight excluding hydrogens is 160 g/mol. The van der Waals surface area contributed by atoms with E-state index in [0.29, 0.717) is 0 Å². The Morgan fingerprint density at radius 1 is 1.31 bits per heavy atom. The first kappa shape index (κ1) is 11.6. The van der Waals surface area contributed by atoms with Crippen LogP contribution in [0.25, 0.3) is 11.6 Å². The first-order chi connectivity index (χ1) is 6.25. The van der Waals surface area contributed by atoms with E-state index in [9.17, 15) is 0 Å². The summed E-state index contributed by atoms with van der Waals surface area (Å²) in [5, 5.41) is 7.49. The maximum atomic E-state index is 3.82. The lowest BCUT2D eigenvalue weighted by Gasteiger charge is -2.01. The third-order valence-electron chi connectivity index (χ3n) is 1.44. The topological polar surface area (TPSA) is 25.8 Å². The molecule has 0 bridgehead atoms. The van der Waals surface area contributed by atoms with Crippen LogP contribution < -0.4 is 0 Å². The van der Waals surface area contributed by atoms with Gasteiger partial charge in [0.15, 0.2) is 0 Å². The molecule has 70 valence electrons. The fraction of sp³-hybridized carbons (Fsp3) is 0.273. The average molecular weight is 176 g/mol. The molecule has 13 heavy (non-hydrogen) atoms. The number of hydrogen-bond acceptors (Lipinski definition) is 2. The SMILES string of the molecule is C=Cc1cnncc1C(=C)C.CC. The molecule has 1 rings (SSSR count).